The van der Waals surface area contributed by atoms with Gasteiger partial charge in [0, 0.05) is 32.9 Å². The lowest BCUT2D eigenvalue weighted by Crippen LogP contribution is -2.43. The molecule has 0 radical (unpaired) electrons. The highest BCUT2D eigenvalue weighted by Gasteiger charge is 2.58. The Kier molecular flexibility index (Phi) is 6.87. The largest absolute Gasteiger partial charge is 0.355 e. The molecule has 1 aromatic carbocycles. The number of hydrogen-bond donors (Lipinski definition) is 2. The van der Waals surface area contributed by atoms with E-state index in [1.165, 1.54) is 4.90 Å². The van der Waals surface area contributed by atoms with Gasteiger partial charge in [-0.25, -0.2) is 4.68 Å². The minimum absolute atomic E-state index is 0. The van der Waals surface area contributed by atoms with Crippen LogP contribution in [0.4, 0.5) is 0 Å². The van der Waals surface area contributed by atoms with Crippen LogP contribution >= 0.6 is 24.0 Å². The zero-order valence-corrected chi connectivity index (χ0v) is 21.1. The number of carbonyl (C=O) groups is 2. The Labute approximate surface area is 210 Å². The van der Waals surface area contributed by atoms with E-state index in [2.05, 4.69) is 38.9 Å². The second-order valence-electron chi connectivity index (χ2n) is 8.71. The molecule has 33 heavy (non-hydrogen) atoms. The molecule has 8 nitrogen and oxygen atoms in total. The summed E-state index contributed by atoms with van der Waals surface area (Å²) in [6.45, 7) is 3.34. The number of benzene rings is 1. The van der Waals surface area contributed by atoms with Crippen molar-refractivity contribution in [2.75, 3.05) is 20.1 Å². The molecule has 2 bridgehead atoms. The number of para-hydroxylation sites is 1. The fourth-order valence-electron chi connectivity index (χ4n) is 5.30. The van der Waals surface area contributed by atoms with Gasteiger partial charge in [0.05, 0.1) is 23.2 Å². The van der Waals surface area contributed by atoms with E-state index in [0.29, 0.717) is 25.6 Å². The molecule has 4 unspecified atom stereocenters. The molecular weight excluding hydrogens is 531 g/mol. The van der Waals surface area contributed by atoms with Crippen LogP contribution in [0.5, 0.6) is 0 Å². The normalized spacial score (nSPS) is 25.4. The summed E-state index contributed by atoms with van der Waals surface area (Å²) < 4.78 is 1.87. The van der Waals surface area contributed by atoms with E-state index in [4.69, 9.17) is 0 Å². The molecule has 3 aliphatic rings. The fraction of sp³-hybridized carbons (Fsp3) is 0.417. The van der Waals surface area contributed by atoms with Crippen molar-refractivity contribution in [3.8, 4) is 5.69 Å². The zero-order valence-electron chi connectivity index (χ0n) is 18.8. The maximum Gasteiger partial charge on any atom is 0.233 e. The lowest BCUT2D eigenvalue weighted by molar-refractivity contribution is -0.140. The van der Waals surface area contributed by atoms with E-state index in [1.54, 1.807) is 7.05 Å². The molecule has 2 aliphatic carbocycles. The Bertz CT molecular complexity index is 1080. The van der Waals surface area contributed by atoms with E-state index in [1.807, 2.05) is 42.1 Å². The number of fused-ring (bicyclic) bond motifs is 5. The van der Waals surface area contributed by atoms with Crippen LogP contribution in [0.1, 0.15) is 17.7 Å². The molecule has 0 spiro atoms. The molecule has 2 aromatic rings. The summed E-state index contributed by atoms with van der Waals surface area (Å²) in [7, 11) is 1.71. The first-order valence-corrected chi connectivity index (χ1v) is 11.2. The number of nitrogens with zero attached hydrogens (tertiary/aromatic N) is 4. The highest BCUT2D eigenvalue weighted by atomic mass is 127. The SMILES string of the molecule is CN=C(NCCN1C(=O)C2C3C=CC(C3)C2C1=O)NCc1ccccc1-n1ccc(C)n1.I. The number of halogens is 1. The third-order valence-electron chi connectivity index (χ3n) is 6.82. The number of aromatic nitrogens is 2. The molecule has 1 saturated carbocycles. The first-order chi connectivity index (χ1) is 15.6. The lowest BCUT2D eigenvalue weighted by atomic mass is 9.85. The van der Waals surface area contributed by atoms with Crippen molar-refractivity contribution in [1.82, 2.24) is 25.3 Å². The standard InChI is InChI=1S/C24H28N6O2.HI/c1-15-9-11-30(28-15)19-6-4-3-5-18(19)14-27-24(25-2)26-10-12-29-22(31)20-16-7-8-17(13-16)21(20)23(29)32;/h3-9,11,16-17,20-21H,10,12-14H2,1-2H3,(H2,25,26,27);1H. The number of imide groups is 1. The number of likely N-dealkylation sites (tertiary alicyclic amines) is 1. The van der Waals surface area contributed by atoms with Crippen molar-refractivity contribution in [3.63, 3.8) is 0 Å². The molecular formula is C24H29IN6O2. The highest BCUT2D eigenvalue weighted by molar-refractivity contribution is 14.0. The van der Waals surface area contributed by atoms with E-state index >= 15 is 0 Å². The molecule has 5 rings (SSSR count). The summed E-state index contributed by atoms with van der Waals surface area (Å²) in [5.41, 5.74) is 3.05. The van der Waals surface area contributed by atoms with Crippen molar-refractivity contribution in [2.24, 2.45) is 28.7 Å². The quantitative estimate of drug-likeness (QED) is 0.186. The van der Waals surface area contributed by atoms with Crippen molar-refractivity contribution in [1.29, 1.82) is 0 Å². The Morgan fingerprint density at radius 3 is 2.42 bits per heavy atom. The Morgan fingerprint density at radius 1 is 1.09 bits per heavy atom. The maximum atomic E-state index is 12.8. The average molecular weight is 560 g/mol. The number of aryl methyl sites for hydroxylation is 1. The highest BCUT2D eigenvalue weighted by Crippen LogP contribution is 2.52. The van der Waals surface area contributed by atoms with E-state index < -0.39 is 0 Å². The third kappa shape index (κ3) is 4.30. The molecule has 1 aliphatic heterocycles. The Hall–Kier alpha value is -2.69. The summed E-state index contributed by atoms with van der Waals surface area (Å²) in [6, 6.07) is 10.0. The minimum atomic E-state index is -0.141. The Morgan fingerprint density at radius 2 is 1.79 bits per heavy atom. The van der Waals surface area contributed by atoms with Gasteiger partial charge < -0.3 is 10.6 Å². The second-order valence-corrected chi connectivity index (χ2v) is 8.71. The van der Waals surface area contributed by atoms with Crippen molar-refractivity contribution >= 4 is 41.8 Å². The minimum Gasteiger partial charge on any atom is -0.355 e. The van der Waals surface area contributed by atoms with Gasteiger partial charge in [0.1, 0.15) is 0 Å². The molecule has 2 fully saturated rings. The zero-order chi connectivity index (χ0) is 22.2. The predicted molar refractivity (Wildman–Crippen MR) is 136 cm³/mol. The number of aliphatic imine (C=N–C) groups is 1. The van der Waals surface area contributed by atoms with Gasteiger partial charge in [-0.15, -0.1) is 24.0 Å². The number of guanidine groups is 1. The van der Waals surface area contributed by atoms with Crippen LogP contribution in [0.3, 0.4) is 0 Å². The van der Waals surface area contributed by atoms with Crippen LogP contribution in [-0.4, -0.2) is 52.6 Å². The van der Waals surface area contributed by atoms with Gasteiger partial charge in [0.2, 0.25) is 11.8 Å². The van der Waals surface area contributed by atoms with Crippen molar-refractivity contribution in [2.45, 2.75) is 19.9 Å². The van der Waals surface area contributed by atoms with Crippen LogP contribution in [0, 0.1) is 30.6 Å². The summed E-state index contributed by atoms with van der Waals surface area (Å²) in [5, 5.41) is 11.0. The van der Waals surface area contributed by atoms with Crippen LogP contribution < -0.4 is 10.6 Å². The Balaban J connectivity index is 0.00000259. The van der Waals surface area contributed by atoms with Gasteiger partial charge in [-0.2, -0.15) is 5.10 Å². The van der Waals surface area contributed by atoms with Crippen molar-refractivity contribution < 1.29 is 9.59 Å². The molecule has 174 valence electrons. The van der Waals surface area contributed by atoms with E-state index in [9.17, 15) is 9.59 Å². The molecule has 2 amide bonds. The fourth-order valence-corrected chi connectivity index (χ4v) is 5.30. The first-order valence-electron chi connectivity index (χ1n) is 11.2. The van der Waals surface area contributed by atoms with Crippen LogP contribution in [0.15, 0.2) is 53.7 Å². The number of rotatable bonds is 6. The van der Waals surface area contributed by atoms with Crippen LogP contribution in [-0.2, 0) is 16.1 Å². The summed E-state index contributed by atoms with van der Waals surface area (Å²) in [4.78, 5) is 31.3. The van der Waals surface area contributed by atoms with Gasteiger partial charge in [-0.05, 0) is 42.9 Å². The molecule has 2 heterocycles. The number of amides is 2. The third-order valence-corrected chi connectivity index (χ3v) is 6.82. The van der Waals surface area contributed by atoms with Gasteiger partial charge in [-0.3, -0.25) is 19.5 Å². The predicted octanol–water partition coefficient (Wildman–Crippen LogP) is 2.27. The number of carbonyl (C=O) groups excluding carboxylic acids is 2. The maximum absolute atomic E-state index is 12.8. The topological polar surface area (TPSA) is 91.6 Å². The molecule has 1 aromatic heterocycles. The van der Waals surface area contributed by atoms with Gasteiger partial charge in [-0.1, -0.05) is 30.4 Å². The van der Waals surface area contributed by atoms with E-state index in [0.717, 1.165) is 23.4 Å². The number of nitrogens with one attached hydrogen (secondary N) is 2. The number of hydrogen-bond acceptors (Lipinski definition) is 4. The average Bonchev–Trinajstić information content (AvgIpc) is 3.57. The monoisotopic (exact) mass is 560 g/mol. The van der Waals surface area contributed by atoms with Gasteiger partial charge >= 0.3 is 0 Å². The molecule has 9 heteroatoms. The second kappa shape index (κ2) is 9.66. The molecule has 1 saturated heterocycles. The summed E-state index contributed by atoms with van der Waals surface area (Å²) >= 11 is 0. The summed E-state index contributed by atoms with van der Waals surface area (Å²) in [5.74, 6) is 0.808. The van der Waals surface area contributed by atoms with Crippen LogP contribution in [0.25, 0.3) is 5.69 Å². The molecule has 4 atom stereocenters. The van der Waals surface area contributed by atoms with E-state index in [-0.39, 0.29) is 59.5 Å². The van der Waals surface area contributed by atoms with Gasteiger partial charge in [0.15, 0.2) is 5.96 Å². The number of allylic oxidation sites excluding steroid dienone is 2. The van der Waals surface area contributed by atoms with Crippen molar-refractivity contribution in [3.05, 3.63) is 59.9 Å². The first kappa shape index (κ1) is 23.5. The lowest BCUT2D eigenvalue weighted by Gasteiger charge is -2.19. The smallest absolute Gasteiger partial charge is 0.233 e. The summed E-state index contributed by atoms with van der Waals surface area (Å²) in [6.07, 6.45) is 7.14. The molecule has 2 N–H and O–H groups in total. The van der Waals surface area contributed by atoms with Crippen LogP contribution in [0.2, 0.25) is 0 Å². The van der Waals surface area contributed by atoms with Gasteiger partial charge in [0.25, 0.3) is 0 Å².